The second kappa shape index (κ2) is 7.04. The molecule has 0 aliphatic heterocycles. The summed E-state index contributed by atoms with van der Waals surface area (Å²) in [6.45, 7) is 0. The molecule has 0 unspecified atom stereocenters. The van der Waals surface area contributed by atoms with Gasteiger partial charge in [0.2, 0.25) is 0 Å². The van der Waals surface area contributed by atoms with Crippen molar-refractivity contribution < 1.29 is 9.90 Å². The van der Waals surface area contributed by atoms with Crippen molar-refractivity contribution in [2.45, 2.75) is 6.42 Å². The first kappa shape index (κ1) is 12.7. The third-order valence-electron chi connectivity index (χ3n) is 1.64. The van der Waals surface area contributed by atoms with Crippen molar-refractivity contribution in [2.75, 3.05) is 0 Å². The maximum atomic E-state index is 10.1. The van der Waals surface area contributed by atoms with Gasteiger partial charge < -0.3 is 5.11 Å². The van der Waals surface area contributed by atoms with E-state index in [2.05, 4.69) is 0 Å². The van der Waals surface area contributed by atoms with Crippen LogP contribution in [-0.4, -0.2) is 11.1 Å². The Morgan fingerprint density at radius 1 is 1.19 bits per heavy atom. The lowest BCUT2D eigenvalue weighted by Gasteiger charge is -1.85. The van der Waals surface area contributed by atoms with E-state index in [1.165, 1.54) is 11.3 Å². The van der Waals surface area contributed by atoms with E-state index in [1.54, 1.807) is 0 Å². The number of benzene rings is 1. The molecule has 0 saturated carbocycles. The number of carboxylic acid groups (broad SMARTS) is 1. The molecule has 4 heteroatoms. The maximum absolute atomic E-state index is 10.1. The fraction of sp³-hybridized carbons (Fsp3) is 0.0833. The SMILES string of the molecule is Clc1ccccc1.O=C(O)Cc1cccs1. The van der Waals surface area contributed by atoms with E-state index in [4.69, 9.17) is 16.7 Å². The summed E-state index contributed by atoms with van der Waals surface area (Å²) in [5.41, 5.74) is 0. The fourth-order valence-corrected chi connectivity index (χ4v) is 1.82. The van der Waals surface area contributed by atoms with Gasteiger partial charge in [-0.3, -0.25) is 4.79 Å². The molecule has 0 saturated heterocycles. The van der Waals surface area contributed by atoms with Crippen LogP contribution in [0.4, 0.5) is 0 Å². The molecule has 0 aliphatic carbocycles. The van der Waals surface area contributed by atoms with E-state index < -0.39 is 5.97 Å². The zero-order chi connectivity index (χ0) is 11.8. The van der Waals surface area contributed by atoms with Gasteiger partial charge in [0, 0.05) is 9.90 Å². The number of carbonyl (C=O) groups is 1. The molecule has 0 spiro atoms. The molecule has 0 atom stereocenters. The van der Waals surface area contributed by atoms with Crippen LogP contribution in [0.2, 0.25) is 5.02 Å². The summed E-state index contributed by atoms with van der Waals surface area (Å²) in [6.07, 6.45) is 0.150. The van der Waals surface area contributed by atoms with E-state index in [0.717, 1.165) is 9.90 Å². The monoisotopic (exact) mass is 254 g/mol. The van der Waals surface area contributed by atoms with Crippen LogP contribution in [0.5, 0.6) is 0 Å². The predicted octanol–water partition coefficient (Wildman–Crippen LogP) is 3.72. The molecule has 0 amide bonds. The largest absolute Gasteiger partial charge is 0.481 e. The zero-order valence-corrected chi connectivity index (χ0v) is 10.0. The van der Waals surface area contributed by atoms with Crippen LogP contribution < -0.4 is 0 Å². The number of carboxylic acids is 1. The lowest BCUT2D eigenvalue weighted by molar-refractivity contribution is -0.136. The van der Waals surface area contributed by atoms with Crippen LogP contribution in [0.3, 0.4) is 0 Å². The zero-order valence-electron chi connectivity index (χ0n) is 8.47. The third kappa shape index (κ3) is 5.53. The van der Waals surface area contributed by atoms with Gasteiger partial charge in [-0.2, -0.15) is 0 Å². The first-order valence-electron chi connectivity index (χ1n) is 4.63. The number of halogens is 1. The van der Waals surface area contributed by atoms with E-state index >= 15 is 0 Å². The minimum absolute atomic E-state index is 0.150. The second-order valence-electron chi connectivity index (χ2n) is 2.95. The van der Waals surface area contributed by atoms with E-state index in [0.29, 0.717) is 0 Å². The molecule has 1 heterocycles. The van der Waals surface area contributed by atoms with Gasteiger partial charge in [0.15, 0.2) is 0 Å². The van der Waals surface area contributed by atoms with Gasteiger partial charge in [-0.25, -0.2) is 0 Å². The molecule has 84 valence electrons. The minimum Gasteiger partial charge on any atom is -0.481 e. The van der Waals surface area contributed by atoms with Crippen molar-refractivity contribution in [1.29, 1.82) is 0 Å². The Balaban J connectivity index is 0.000000165. The van der Waals surface area contributed by atoms with Gasteiger partial charge in [-0.05, 0) is 23.6 Å². The summed E-state index contributed by atoms with van der Waals surface area (Å²) in [4.78, 5) is 11.0. The van der Waals surface area contributed by atoms with Crippen molar-refractivity contribution in [3.63, 3.8) is 0 Å². The molecular formula is C12H11ClO2S. The molecule has 1 aromatic heterocycles. The molecule has 1 aromatic carbocycles. The van der Waals surface area contributed by atoms with Gasteiger partial charge in [0.1, 0.15) is 0 Å². The second-order valence-corrected chi connectivity index (χ2v) is 4.41. The summed E-state index contributed by atoms with van der Waals surface area (Å²) < 4.78 is 0. The quantitative estimate of drug-likeness (QED) is 0.887. The molecular weight excluding hydrogens is 244 g/mol. The summed E-state index contributed by atoms with van der Waals surface area (Å²) in [7, 11) is 0. The maximum Gasteiger partial charge on any atom is 0.308 e. The molecule has 16 heavy (non-hydrogen) atoms. The first-order valence-corrected chi connectivity index (χ1v) is 5.89. The number of thiophene rings is 1. The Morgan fingerprint density at radius 2 is 1.88 bits per heavy atom. The molecule has 2 aromatic rings. The number of hydrogen-bond acceptors (Lipinski definition) is 2. The predicted molar refractivity (Wildman–Crippen MR) is 67.1 cm³/mol. The topological polar surface area (TPSA) is 37.3 Å². The molecule has 0 bridgehead atoms. The van der Waals surface area contributed by atoms with Crippen molar-refractivity contribution in [2.24, 2.45) is 0 Å². The highest BCUT2D eigenvalue weighted by Crippen LogP contribution is 2.08. The van der Waals surface area contributed by atoms with Gasteiger partial charge in [-0.1, -0.05) is 35.9 Å². The highest BCUT2D eigenvalue weighted by molar-refractivity contribution is 7.10. The molecule has 1 N–H and O–H groups in total. The highest BCUT2D eigenvalue weighted by atomic mass is 35.5. The summed E-state index contributed by atoms with van der Waals surface area (Å²) in [5.74, 6) is -0.766. The summed E-state index contributed by atoms with van der Waals surface area (Å²) >= 11 is 7.01. The van der Waals surface area contributed by atoms with E-state index in [9.17, 15) is 4.79 Å². The van der Waals surface area contributed by atoms with Crippen molar-refractivity contribution in [1.82, 2.24) is 0 Å². The Kier molecular flexibility index (Phi) is 5.61. The Bertz CT molecular complexity index is 412. The van der Waals surface area contributed by atoms with Crippen LogP contribution >= 0.6 is 22.9 Å². The smallest absolute Gasteiger partial charge is 0.308 e. The lowest BCUT2D eigenvalue weighted by Crippen LogP contribution is -1.96. The van der Waals surface area contributed by atoms with Crippen LogP contribution in [0.1, 0.15) is 4.88 Å². The number of aliphatic carboxylic acids is 1. The lowest BCUT2D eigenvalue weighted by atomic mass is 10.3. The molecule has 2 nitrogen and oxygen atoms in total. The molecule has 0 radical (unpaired) electrons. The molecule has 2 rings (SSSR count). The van der Waals surface area contributed by atoms with Gasteiger partial charge in [0.25, 0.3) is 0 Å². The number of hydrogen-bond donors (Lipinski definition) is 1. The van der Waals surface area contributed by atoms with Crippen LogP contribution in [-0.2, 0) is 11.2 Å². The Labute approximate surface area is 103 Å². The van der Waals surface area contributed by atoms with E-state index in [1.807, 2.05) is 47.8 Å². The van der Waals surface area contributed by atoms with Gasteiger partial charge in [0.05, 0.1) is 6.42 Å². The van der Waals surface area contributed by atoms with Crippen LogP contribution in [0.25, 0.3) is 0 Å². The van der Waals surface area contributed by atoms with Gasteiger partial charge in [-0.15, -0.1) is 11.3 Å². The average molecular weight is 255 g/mol. The standard InChI is InChI=1S/C6H5Cl.C6H6O2S/c7-6-4-2-1-3-5-6;7-6(8)4-5-2-1-3-9-5/h1-5H;1-3H,4H2,(H,7,8). The first-order chi connectivity index (χ1) is 7.68. The fourth-order valence-electron chi connectivity index (χ4n) is 0.977. The summed E-state index contributed by atoms with van der Waals surface area (Å²) in [5, 5.41) is 11.0. The van der Waals surface area contributed by atoms with Crippen LogP contribution in [0.15, 0.2) is 47.8 Å². The van der Waals surface area contributed by atoms with Crippen molar-refractivity contribution in [3.8, 4) is 0 Å². The third-order valence-corrected chi connectivity index (χ3v) is 2.77. The molecule has 0 aliphatic rings. The Morgan fingerprint density at radius 3 is 2.25 bits per heavy atom. The average Bonchev–Trinajstić information content (AvgIpc) is 2.71. The van der Waals surface area contributed by atoms with E-state index in [-0.39, 0.29) is 6.42 Å². The van der Waals surface area contributed by atoms with Crippen molar-refractivity contribution in [3.05, 3.63) is 57.7 Å². The normalized spacial score (nSPS) is 9.06. The molecule has 0 fully saturated rings. The number of rotatable bonds is 2. The highest BCUT2D eigenvalue weighted by Gasteiger charge is 1.98. The van der Waals surface area contributed by atoms with Crippen molar-refractivity contribution >= 4 is 28.9 Å². The Hall–Kier alpha value is -1.32. The van der Waals surface area contributed by atoms with Crippen LogP contribution in [0, 0.1) is 0 Å². The summed E-state index contributed by atoms with van der Waals surface area (Å²) in [6, 6.07) is 13.1. The minimum atomic E-state index is -0.766. The van der Waals surface area contributed by atoms with Gasteiger partial charge >= 0.3 is 5.97 Å².